The van der Waals surface area contributed by atoms with E-state index < -0.39 is 6.04 Å². The fraction of sp³-hybridized carbons (Fsp3) is 0.448. The molecule has 3 aromatic rings. The summed E-state index contributed by atoms with van der Waals surface area (Å²) >= 11 is 0. The Labute approximate surface area is 213 Å². The molecular formula is C29H37N3O4. The summed E-state index contributed by atoms with van der Waals surface area (Å²) in [5.74, 6) is 0.327. The van der Waals surface area contributed by atoms with Crippen LogP contribution in [0.4, 0.5) is 0 Å². The second-order valence-corrected chi connectivity index (χ2v) is 9.40. The highest BCUT2D eigenvalue weighted by Crippen LogP contribution is 2.25. The van der Waals surface area contributed by atoms with E-state index in [1.54, 1.807) is 22.5 Å². The van der Waals surface area contributed by atoms with Crippen molar-refractivity contribution in [3.05, 3.63) is 70.3 Å². The number of carbonyl (C=O) groups excluding carboxylic acids is 2. The van der Waals surface area contributed by atoms with Crippen molar-refractivity contribution in [3.63, 3.8) is 0 Å². The van der Waals surface area contributed by atoms with E-state index in [2.05, 4.69) is 20.8 Å². The third-order valence-electron chi connectivity index (χ3n) is 6.36. The number of esters is 1. The molecule has 36 heavy (non-hydrogen) atoms. The van der Waals surface area contributed by atoms with Crippen LogP contribution in [0.25, 0.3) is 16.6 Å². The van der Waals surface area contributed by atoms with E-state index in [9.17, 15) is 14.4 Å². The van der Waals surface area contributed by atoms with E-state index in [1.807, 2.05) is 49.4 Å². The Morgan fingerprint density at radius 1 is 1.00 bits per heavy atom. The Hall–Kier alpha value is -3.48. The van der Waals surface area contributed by atoms with Gasteiger partial charge in [0.1, 0.15) is 5.82 Å². The predicted octanol–water partition coefficient (Wildman–Crippen LogP) is 5.23. The van der Waals surface area contributed by atoms with Crippen LogP contribution in [0.2, 0.25) is 0 Å². The van der Waals surface area contributed by atoms with Crippen LogP contribution in [0.15, 0.2) is 53.3 Å². The van der Waals surface area contributed by atoms with Gasteiger partial charge in [0, 0.05) is 13.0 Å². The molecular weight excluding hydrogens is 454 g/mol. The van der Waals surface area contributed by atoms with Crippen LogP contribution in [-0.4, -0.2) is 39.5 Å². The largest absolute Gasteiger partial charge is 0.466 e. The van der Waals surface area contributed by atoms with Crippen molar-refractivity contribution >= 4 is 22.8 Å². The summed E-state index contributed by atoms with van der Waals surface area (Å²) in [5.41, 5.74) is 2.30. The predicted molar refractivity (Wildman–Crippen MR) is 142 cm³/mol. The van der Waals surface area contributed by atoms with E-state index in [0.29, 0.717) is 34.9 Å². The molecule has 0 saturated heterocycles. The molecule has 0 saturated carbocycles. The number of aromatic nitrogens is 2. The Morgan fingerprint density at radius 3 is 2.33 bits per heavy atom. The summed E-state index contributed by atoms with van der Waals surface area (Å²) in [6, 6.07) is 14.6. The summed E-state index contributed by atoms with van der Waals surface area (Å²) in [6.07, 6.45) is 1.75. The number of amides is 1. The van der Waals surface area contributed by atoms with Crippen LogP contribution in [0.3, 0.4) is 0 Å². The number of fused-ring (bicyclic) bond motifs is 1. The summed E-state index contributed by atoms with van der Waals surface area (Å²) in [7, 11) is 0. The van der Waals surface area contributed by atoms with Crippen molar-refractivity contribution in [2.45, 2.75) is 66.3 Å². The Kier molecular flexibility index (Phi) is 9.39. The highest BCUT2D eigenvalue weighted by molar-refractivity contribution is 5.82. The lowest BCUT2D eigenvalue weighted by Gasteiger charge is -2.31. The van der Waals surface area contributed by atoms with Crippen LogP contribution in [-0.2, 0) is 20.7 Å². The summed E-state index contributed by atoms with van der Waals surface area (Å²) in [6.45, 7) is 10.7. The Morgan fingerprint density at radius 2 is 1.69 bits per heavy atom. The van der Waals surface area contributed by atoms with Crippen molar-refractivity contribution in [2.75, 3.05) is 13.2 Å². The second-order valence-electron chi connectivity index (χ2n) is 9.40. The quantitative estimate of drug-likeness (QED) is 0.343. The van der Waals surface area contributed by atoms with Gasteiger partial charge in [-0.1, -0.05) is 45.0 Å². The minimum atomic E-state index is -0.485. The maximum absolute atomic E-state index is 13.7. The highest BCUT2D eigenvalue weighted by atomic mass is 16.5. The van der Waals surface area contributed by atoms with Gasteiger partial charge in [-0.2, -0.15) is 0 Å². The van der Waals surface area contributed by atoms with Crippen molar-refractivity contribution < 1.29 is 14.3 Å². The van der Waals surface area contributed by atoms with Gasteiger partial charge in [0.05, 0.1) is 35.7 Å². The van der Waals surface area contributed by atoms with E-state index in [4.69, 9.17) is 9.72 Å². The molecule has 3 rings (SSSR count). The number of aryl methyl sites for hydroxylation is 1. The molecule has 0 bridgehead atoms. The Balaban J connectivity index is 2.09. The van der Waals surface area contributed by atoms with E-state index in [0.717, 1.165) is 12.8 Å². The minimum Gasteiger partial charge on any atom is -0.466 e. The third kappa shape index (κ3) is 6.39. The number of hydrogen-bond acceptors (Lipinski definition) is 5. The topological polar surface area (TPSA) is 81.5 Å². The van der Waals surface area contributed by atoms with Gasteiger partial charge >= 0.3 is 5.97 Å². The second kappa shape index (κ2) is 12.5. The molecule has 0 aliphatic carbocycles. The zero-order chi connectivity index (χ0) is 26.2. The van der Waals surface area contributed by atoms with Gasteiger partial charge in [0.2, 0.25) is 5.91 Å². The summed E-state index contributed by atoms with van der Waals surface area (Å²) < 4.78 is 6.63. The molecule has 2 aromatic carbocycles. The van der Waals surface area contributed by atoms with Crippen molar-refractivity contribution in [1.82, 2.24) is 14.5 Å². The maximum atomic E-state index is 13.7. The van der Waals surface area contributed by atoms with E-state index in [-0.39, 0.29) is 36.9 Å². The molecule has 0 N–H and O–H groups in total. The molecule has 0 spiro atoms. The normalized spacial score (nSPS) is 12.1. The SMILES string of the molecule is CCOC(=O)CCC(=O)N(CCC(C)C)C(C)c1nc2ccccc2c(=O)n1-c1ccc(CC)cc1. The molecule has 7 heteroatoms. The number of nitrogens with zero attached hydrogens (tertiary/aromatic N) is 3. The average Bonchev–Trinajstić information content (AvgIpc) is 2.87. The molecule has 1 aromatic heterocycles. The van der Waals surface area contributed by atoms with Gasteiger partial charge in [-0.15, -0.1) is 0 Å². The van der Waals surface area contributed by atoms with Crippen molar-refractivity contribution in [1.29, 1.82) is 0 Å². The first kappa shape index (κ1) is 27.1. The fourth-order valence-electron chi connectivity index (χ4n) is 4.22. The van der Waals surface area contributed by atoms with Gasteiger partial charge in [0.15, 0.2) is 0 Å². The lowest BCUT2D eigenvalue weighted by Crippen LogP contribution is -2.38. The maximum Gasteiger partial charge on any atom is 0.306 e. The van der Waals surface area contributed by atoms with E-state index >= 15 is 0 Å². The van der Waals surface area contributed by atoms with Gasteiger partial charge in [-0.25, -0.2) is 4.98 Å². The van der Waals surface area contributed by atoms with Gasteiger partial charge in [-0.05, 0) is 62.4 Å². The fourth-order valence-corrected chi connectivity index (χ4v) is 4.22. The zero-order valence-electron chi connectivity index (χ0n) is 22.0. The number of hydrogen-bond donors (Lipinski definition) is 0. The standard InChI is InChI=1S/C29H37N3O4/c1-6-22-12-14-23(15-13-22)32-28(30-25-11-9-8-10-24(25)29(32)35)21(5)31(19-18-20(3)4)26(33)16-17-27(34)36-7-2/h8-15,20-21H,6-7,16-19H2,1-5H3. The van der Waals surface area contributed by atoms with Crippen LogP contribution >= 0.6 is 0 Å². The van der Waals surface area contributed by atoms with Gasteiger partial charge in [-0.3, -0.25) is 19.0 Å². The van der Waals surface area contributed by atoms with Crippen LogP contribution in [0.1, 0.15) is 71.3 Å². The molecule has 1 unspecified atom stereocenters. The van der Waals surface area contributed by atoms with Crippen molar-refractivity contribution in [3.8, 4) is 5.69 Å². The van der Waals surface area contributed by atoms with Crippen LogP contribution < -0.4 is 5.56 Å². The molecule has 0 radical (unpaired) electrons. The number of ether oxygens (including phenoxy) is 1. The lowest BCUT2D eigenvalue weighted by molar-refractivity contribution is -0.146. The Bertz CT molecular complexity index is 1250. The molecule has 1 heterocycles. The average molecular weight is 492 g/mol. The summed E-state index contributed by atoms with van der Waals surface area (Å²) in [4.78, 5) is 45.6. The number of benzene rings is 2. The number of para-hydroxylation sites is 1. The number of carbonyl (C=O) groups is 2. The third-order valence-corrected chi connectivity index (χ3v) is 6.36. The molecule has 0 fully saturated rings. The lowest BCUT2D eigenvalue weighted by atomic mass is 10.1. The molecule has 7 nitrogen and oxygen atoms in total. The number of rotatable bonds is 11. The molecule has 0 aliphatic heterocycles. The smallest absolute Gasteiger partial charge is 0.306 e. The van der Waals surface area contributed by atoms with Gasteiger partial charge in [0.25, 0.3) is 5.56 Å². The first-order chi connectivity index (χ1) is 17.3. The van der Waals surface area contributed by atoms with Crippen LogP contribution in [0, 0.1) is 5.92 Å². The highest BCUT2D eigenvalue weighted by Gasteiger charge is 2.27. The first-order valence-electron chi connectivity index (χ1n) is 12.8. The molecule has 1 amide bonds. The molecule has 192 valence electrons. The monoisotopic (exact) mass is 491 g/mol. The minimum absolute atomic E-state index is 0.0218. The van der Waals surface area contributed by atoms with Crippen molar-refractivity contribution in [2.24, 2.45) is 5.92 Å². The molecule has 1 atom stereocenters. The summed E-state index contributed by atoms with van der Waals surface area (Å²) in [5, 5.41) is 0.524. The van der Waals surface area contributed by atoms with Crippen LogP contribution in [0.5, 0.6) is 0 Å². The zero-order valence-corrected chi connectivity index (χ0v) is 22.0. The van der Waals surface area contributed by atoms with E-state index in [1.165, 1.54) is 5.56 Å². The van der Waals surface area contributed by atoms with Gasteiger partial charge < -0.3 is 9.64 Å². The first-order valence-corrected chi connectivity index (χ1v) is 12.8. The molecule has 0 aliphatic rings.